The summed E-state index contributed by atoms with van der Waals surface area (Å²) in [4.78, 5) is 4.04. The average molecular weight is 277 g/mol. The molecule has 18 heavy (non-hydrogen) atoms. The molecule has 0 aliphatic heterocycles. The van der Waals surface area contributed by atoms with Crippen LogP contribution in [0.4, 0.5) is 8.78 Å². The third-order valence-corrected chi connectivity index (χ3v) is 3.72. The number of hydrogen-bond donors (Lipinski definition) is 2. The second-order valence-electron chi connectivity index (χ2n) is 4.84. The van der Waals surface area contributed by atoms with Crippen LogP contribution in [-0.2, 0) is 0 Å². The SMILES string of the molecule is NC(c1cc(Cl)ccn1)C1(O)CCC(F)(F)CC1. The van der Waals surface area contributed by atoms with E-state index in [1.54, 1.807) is 12.1 Å². The number of nitrogens with two attached hydrogens (primary N) is 1. The third-order valence-electron chi connectivity index (χ3n) is 3.49. The van der Waals surface area contributed by atoms with E-state index >= 15 is 0 Å². The molecule has 0 aromatic carbocycles. The van der Waals surface area contributed by atoms with Gasteiger partial charge in [0.05, 0.1) is 17.3 Å². The van der Waals surface area contributed by atoms with Crippen molar-refractivity contribution >= 4 is 11.6 Å². The smallest absolute Gasteiger partial charge is 0.248 e. The second-order valence-corrected chi connectivity index (χ2v) is 5.27. The Labute approximate surface area is 109 Å². The molecule has 1 aromatic rings. The lowest BCUT2D eigenvalue weighted by atomic mass is 9.77. The van der Waals surface area contributed by atoms with Gasteiger partial charge in [-0.05, 0) is 25.0 Å². The molecule has 0 radical (unpaired) electrons. The van der Waals surface area contributed by atoms with E-state index in [2.05, 4.69) is 4.98 Å². The second kappa shape index (κ2) is 4.72. The highest BCUT2D eigenvalue weighted by Gasteiger charge is 2.46. The molecule has 0 bridgehead atoms. The quantitative estimate of drug-likeness (QED) is 0.873. The molecule has 0 saturated heterocycles. The molecule has 2 rings (SSSR count). The standard InChI is InChI=1S/C12H15ClF2N2O/c13-8-1-6-17-9(7-8)10(16)11(18)2-4-12(14,15)5-3-11/h1,6-7,10,18H,2-5,16H2. The molecule has 1 aliphatic rings. The predicted molar refractivity (Wildman–Crippen MR) is 64.5 cm³/mol. The molecular weight excluding hydrogens is 262 g/mol. The van der Waals surface area contributed by atoms with Crippen LogP contribution in [0.1, 0.15) is 37.4 Å². The first kappa shape index (κ1) is 13.6. The summed E-state index contributed by atoms with van der Waals surface area (Å²) in [6.45, 7) is 0. The van der Waals surface area contributed by atoms with E-state index in [4.69, 9.17) is 17.3 Å². The summed E-state index contributed by atoms with van der Waals surface area (Å²) in [6.07, 6.45) is 0.721. The fourth-order valence-corrected chi connectivity index (χ4v) is 2.39. The minimum atomic E-state index is -2.70. The van der Waals surface area contributed by atoms with Gasteiger partial charge in [0, 0.05) is 24.1 Å². The van der Waals surface area contributed by atoms with E-state index in [9.17, 15) is 13.9 Å². The number of pyridine rings is 1. The molecule has 1 fully saturated rings. The third kappa shape index (κ3) is 2.79. The monoisotopic (exact) mass is 276 g/mol. The summed E-state index contributed by atoms with van der Waals surface area (Å²) >= 11 is 5.82. The Hall–Kier alpha value is -0.780. The van der Waals surface area contributed by atoms with Gasteiger partial charge in [-0.3, -0.25) is 4.98 Å². The van der Waals surface area contributed by atoms with Gasteiger partial charge in [-0.15, -0.1) is 0 Å². The minimum absolute atomic E-state index is 0.0324. The number of halogens is 3. The maximum atomic E-state index is 13.1. The first-order valence-corrected chi connectivity index (χ1v) is 6.17. The summed E-state index contributed by atoms with van der Waals surface area (Å²) in [5.41, 5.74) is 5.04. The van der Waals surface area contributed by atoms with Crippen molar-refractivity contribution in [2.45, 2.75) is 43.2 Å². The Balaban J connectivity index is 2.16. The van der Waals surface area contributed by atoms with Crippen molar-refractivity contribution in [3.05, 3.63) is 29.0 Å². The van der Waals surface area contributed by atoms with Gasteiger partial charge < -0.3 is 10.8 Å². The molecule has 1 unspecified atom stereocenters. The number of hydrogen-bond acceptors (Lipinski definition) is 3. The Kier molecular flexibility index (Phi) is 3.58. The van der Waals surface area contributed by atoms with Crippen LogP contribution in [0, 0.1) is 0 Å². The van der Waals surface area contributed by atoms with E-state index in [1.165, 1.54) is 6.20 Å². The van der Waals surface area contributed by atoms with Crippen LogP contribution < -0.4 is 5.73 Å². The fourth-order valence-electron chi connectivity index (χ4n) is 2.23. The highest BCUT2D eigenvalue weighted by molar-refractivity contribution is 6.30. The van der Waals surface area contributed by atoms with E-state index in [0.29, 0.717) is 10.7 Å². The van der Waals surface area contributed by atoms with Crippen molar-refractivity contribution in [2.24, 2.45) is 5.73 Å². The van der Waals surface area contributed by atoms with Crippen molar-refractivity contribution < 1.29 is 13.9 Å². The average Bonchev–Trinajstić information content (AvgIpc) is 2.32. The summed E-state index contributed by atoms with van der Waals surface area (Å²) in [5.74, 6) is -2.70. The molecule has 100 valence electrons. The largest absolute Gasteiger partial charge is 0.388 e. The summed E-state index contributed by atoms with van der Waals surface area (Å²) in [6, 6.07) is 2.35. The molecule has 6 heteroatoms. The summed E-state index contributed by atoms with van der Waals surface area (Å²) < 4.78 is 26.2. The molecule has 1 saturated carbocycles. The normalized spacial score (nSPS) is 23.6. The zero-order chi connectivity index (χ0) is 13.4. The van der Waals surface area contributed by atoms with Crippen molar-refractivity contribution in [2.75, 3.05) is 0 Å². The lowest BCUT2D eigenvalue weighted by Crippen LogP contribution is -2.46. The van der Waals surface area contributed by atoms with Crippen LogP contribution in [0.2, 0.25) is 5.02 Å². The zero-order valence-electron chi connectivity index (χ0n) is 9.74. The van der Waals surface area contributed by atoms with E-state index in [1.807, 2.05) is 0 Å². The molecule has 1 heterocycles. The number of aliphatic hydroxyl groups is 1. The molecule has 3 nitrogen and oxygen atoms in total. The molecule has 1 atom stereocenters. The highest BCUT2D eigenvalue weighted by Crippen LogP contribution is 2.43. The van der Waals surface area contributed by atoms with Crippen molar-refractivity contribution in [3.63, 3.8) is 0 Å². The topological polar surface area (TPSA) is 59.1 Å². The van der Waals surface area contributed by atoms with Gasteiger partial charge in [-0.1, -0.05) is 11.6 Å². The van der Waals surface area contributed by atoms with E-state index < -0.39 is 17.6 Å². The van der Waals surface area contributed by atoms with Gasteiger partial charge >= 0.3 is 0 Å². The first-order chi connectivity index (χ1) is 8.32. The molecular formula is C12H15ClF2N2O. The van der Waals surface area contributed by atoms with Gasteiger partial charge in [0.15, 0.2) is 0 Å². The molecule has 1 aromatic heterocycles. The van der Waals surface area contributed by atoms with Crippen molar-refractivity contribution in [3.8, 4) is 0 Å². The summed E-state index contributed by atoms with van der Waals surface area (Å²) in [5, 5.41) is 10.8. The van der Waals surface area contributed by atoms with Crippen LogP contribution in [0.5, 0.6) is 0 Å². The first-order valence-electron chi connectivity index (χ1n) is 5.80. The lowest BCUT2D eigenvalue weighted by Gasteiger charge is -2.39. The zero-order valence-corrected chi connectivity index (χ0v) is 10.5. The van der Waals surface area contributed by atoms with Crippen LogP contribution in [0.3, 0.4) is 0 Å². The molecule has 1 aliphatic carbocycles. The minimum Gasteiger partial charge on any atom is -0.388 e. The Morgan fingerprint density at radius 1 is 1.33 bits per heavy atom. The maximum absolute atomic E-state index is 13.1. The number of alkyl halides is 2. The van der Waals surface area contributed by atoms with Crippen molar-refractivity contribution in [1.82, 2.24) is 4.98 Å². The van der Waals surface area contributed by atoms with Gasteiger partial charge in [-0.2, -0.15) is 0 Å². The number of aromatic nitrogens is 1. The molecule has 3 N–H and O–H groups in total. The fraction of sp³-hybridized carbons (Fsp3) is 0.583. The Morgan fingerprint density at radius 2 is 1.94 bits per heavy atom. The highest BCUT2D eigenvalue weighted by atomic mass is 35.5. The van der Waals surface area contributed by atoms with E-state index in [-0.39, 0.29) is 25.7 Å². The lowest BCUT2D eigenvalue weighted by molar-refractivity contribution is -0.113. The number of nitrogens with zero attached hydrogens (tertiary/aromatic N) is 1. The van der Waals surface area contributed by atoms with Crippen molar-refractivity contribution in [1.29, 1.82) is 0 Å². The van der Waals surface area contributed by atoms with Gasteiger partial charge in [0.25, 0.3) is 0 Å². The number of rotatable bonds is 2. The van der Waals surface area contributed by atoms with Crippen LogP contribution in [0.25, 0.3) is 0 Å². The molecule has 0 amide bonds. The summed E-state index contributed by atoms with van der Waals surface area (Å²) in [7, 11) is 0. The van der Waals surface area contributed by atoms with Gasteiger partial charge in [0.1, 0.15) is 0 Å². The van der Waals surface area contributed by atoms with Crippen LogP contribution >= 0.6 is 11.6 Å². The molecule has 0 spiro atoms. The Bertz CT molecular complexity index is 432. The predicted octanol–water partition coefficient (Wildman–Crippen LogP) is 2.68. The van der Waals surface area contributed by atoms with Crippen LogP contribution in [-0.4, -0.2) is 21.6 Å². The van der Waals surface area contributed by atoms with E-state index in [0.717, 1.165) is 0 Å². The Morgan fingerprint density at radius 3 is 2.50 bits per heavy atom. The maximum Gasteiger partial charge on any atom is 0.248 e. The van der Waals surface area contributed by atoms with Gasteiger partial charge in [-0.25, -0.2) is 8.78 Å². The van der Waals surface area contributed by atoms with Gasteiger partial charge in [0.2, 0.25) is 5.92 Å². The van der Waals surface area contributed by atoms with Crippen LogP contribution in [0.15, 0.2) is 18.3 Å².